The largest absolute Gasteiger partial charge is 0.392 e. The van der Waals surface area contributed by atoms with Crippen molar-refractivity contribution < 1.29 is 5.11 Å². The summed E-state index contributed by atoms with van der Waals surface area (Å²) in [5.74, 6) is 1.13. The maximum atomic E-state index is 9.53. The molecule has 1 fully saturated rings. The van der Waals surface area contributed by atoms with Crippen molar-refractivity contribution in [1.29, 1.82) is 0 Å². The second-order valence-corrected chi connectivity index (χ2v) is 8.28. The second kappa shape index (κ2) is 10.1. The average Bonchev–Trinajstić information content (AvgIpc) is 2.67. The Morgan fingerprint density at radius 2 is 1.35 bits per heavy atom. The van der Waals surface area contributed by atoms with E-state index in [1.807, 2.05) is 18.7 Å². The zero-order valence-corrected chi connectivity index (χ0v) is 16.4. The molecule has 0 spiro atoms. The standard InChI is InChI=1S/C22H30N2OS/c1-19(25)18-24-14-12-23(13-15-24)16-17-26-22(20-8-4-2-5-9-20)21-10-6-3-7-11-21/h2-11,19,22,25H,12-18H2,1H3. The van der Waals surface area contributed by atoms with Crippen LogP contribution in [0.25, 0.3) is 0 Å². The van der Waals surface area contributed by atoms with E-state index in [9.17, 15) is 5.11 Å². The van der Waals surface area contributed by atoms with Crippen LogP contribution >= 0.6 is 11.8 Å². The molecule has 1 N–H and O–H groups in total. The molecule has 0 amide bonds. The molecule has 1 saturated heterocycles. The van der Waals surface area contributed by atoms with E-state index in [-0.39, 0.29) is 6.10 Å². The van der Waals surface area contributed by atoms with E-state index in [1.54, 1.807) is 0 Å². The van der Waals surface area contributed by atoms with E-state index in [0.29, 0.717) is 5.25 Å². The Balaban J connectivity index is 1.51. The summed E-state index contributed by atoms with van der Waals surface area (Å²) >= 11 is 2.04. The van der Waals surface area contributed by atoms with Crippen molar-refractivity contribution in [3.63, 3.8) is 0 Å². The van der Waals surface area contributed by atoms with Crippen molar-refractivity contribution in [1.82, 2.24) is 9.80 Å². The van der Waals surface area contributed by atoms with Crippen molar-refractivity contribution in [3.05, 3.63) is 71.8 Å². The SMILES string of the molecule is CC(O)CN1CCN(CCSC(c2ccccc2)c2ccccc2)CC1. The quantitative estimate of drug-likeness (QED) is 0.769. The summed E-state index contributed by atoms with van der Waals surface area (Å²) in [6.07, 6.45) is -0.227. The molecule has 1 aliphatic heterocycles. The van der Waals surface area contributed by atoms with Crippen LogP contribution in [0.4, 0.5) is 0 Å². The summed E-state index contributed by atoms with van der Waals surface area (Å²) in [7, 11) is 0. The van der Waals surface area contributed by atoms with E-state index < -0.39 is 0 Å². The first kappa shape index (κ1) is 19.4. The van der Waals surface area contributed by atoms with Crippen molar-refractivity contribution in [2.75, 3.05) is 45.0 Å². The van der Waals surface area contributed by atoms with Gasteiger partial charge in [0.1, 0.15) is 0 Å². The number of aliphatic hydroxyl groups is 1. The Kier molecular flexibility index (Phi) is 7.56. The number of aliphatic hydroxyl groups excluding tert-OH is 1. The molecular formula is C22H30N2OS. The average molecular weight is 371 g/mol. The lowest BCUT2D eigenvalue weighted by Crippen LogP contribution is -2.48. The lowest BCUT2D eigenvalue weighted by Gasteiger charge is -2.35. The van der Waals surface area contributed by atoms with Gasteiger partial charge >= 0.3 is 0 Å². The first-order valence-corrected chi connectivity index (χ1v) is 10.6. The lowest BCUT2D eigenvalue weighted by molar-refractivity contribution is 0.0833. The summed E-state index contributed by atoms with van der Waals surface area (Å²) in [4.78, 5) is 4.92. The van der Waals surface area contributed by atoms with Gasteiger partial charge < -0.3 is 5.11 Å². The molecule has 0 saturated carbocycles. The van der Waals surface area contributed by atoms with Crippen LogP contribution in [-0.2, 0) is 0 Å². The maximum absolute atomic E-state index is 9.53. The minimum atomic E-state index is -0.227. The fourth-order valence-corrected chi connectivity index (χ4v) is 4.81. The van der Waals surface area contributed by atoms with Crippen LogP contribution in [0.1, 0.15) is 23.3 Å². The fraction of sp³-hybridized carbons (Fsp3) is 0.455. The second-order valence-electron chi connectivity index (χ2n) is 7.06. The first-order valence-electron chi connectivity index (χ1n) is 9.56. The Morgan fingerprint density at radius 3 is 1.85 bits per heavy atom. The Bertz CT molecular complexity index is 588. The summed E-state index contributed by atoms with van der Waals surface area (Å²) in [5, 5.41) is 9.93. The number of thioether (sulfide) groups is 1. The van der Waals surface area contributed by atoms with E-state index in [0.717, 1.165) is 45.0 Å². The maximum Gasteiger partial charge on any atom is 0.0639 e. The molecule has 140 valence electrons. The van der Waals surface area contributed by atoms with Gasteiger partial charge in [0.25, 0.3) is 0 Å². The van der Waals surface area contributed by atoms with Gasteiger partial charge in [-0.2, -0.15) is 0 Å². The number of piperazine rings is 1. The molecule has 1 aliphatic rings. The lowest BCUT2D eigenvalue weighted by atomic mass is 10.0. The van der Waals surface area contributed by atoms with E-state index in [4.69, 9.17) is 0 Å². The zero-order chi connectivity index (χ0) is 18.2. The molecule has 4 heteroatoms. The highest BCUT2D eigenvalue weighted by atomic mass is 32.2. The molecule has 0 aliphatic carbocycles. The van der Waals surface area contributed by atoms with E-state index >= 15 is 0 Å². The third kappa shape index (κ3) is 5.85. The molecule has 2 aromatic carbocycles. The molecule has 2 aromatic rings. The predicted molar refractivity (Wildman–Crippen MR) is 112 cm³/mol. The Hall–Kier alpha value is -1.33. The minimum Gasteiger partial charge on any atom is -0.392 e. The molecule has 3 nitrogen and oxygen atoms in total. The van der Waals surface area contributed by atoms with Gasteiger partial charge in [0.05, 0.1) is 11.4 Å². The molecule has 1 atom stereocenters. The predicted octanol–water partition coefficient (Wildman–Crippen LogP) is 3.51. The van der Waals surface area contributed by atoms with Gasteiger partial charge in [0.2, 0.25) is 0 Å². The number of nitrogens with zero attached hydrogens (tertiary/aromatic N) is 2. The van der Waals surface area contributed by atoms with Gasteiger partial charge in [-0.15, -0.1) is 11.8 Å². The highest BCUT2D eigenvalue weighted by molar-refractivity contribution is 7.99. The van der Waals surface area contributed by atoms with Crippen LogP contribution < -0.4 is 0 Å². The third-order valence-corrected chi connectivity index (χ3v) is 6.18. The van der Waals surface area contributed by atoms with Gasteiger partial charge in [-0.25, -0.2) is 0 Å². The number of benzene rings is 2. The van der Waals surface area contributed by atoms with Gasteiger partial charge in [0, 0.05) is 45.0 Å². The van der Waals surface area contributed by atoms with Crippen LogP contribution in [-0.4, -0.2) is 66.0 Å². The highest BCUT2D eigenvalue weighted by Crippen LogP contribution is 2.35. The van der Waals surface area contributed by atoms with Crippen molar-refractivity contribution >= 4 is 11.8 Å². The van der Waals surface area contributed by atoms with Gasteiger partial charge in [0.15, 0.2) is 0 Å². The highest BCUT2D eigenvalue weighted by Gasteiger charge is 2.19. The van der Waals surface area contributed by atoms with Gasteiger partial charge in [-0.1, -0.05) is 60.7 Å². The van der Waals surface area contributed by atoms with Crippen LogP contribution in [0.2, 0.25) is 0 Å². The van der Waals surface area contributed by atoms with Crippen LogP contribution in [0, 0.1) is 0 Å². The van der Waals surface area contributed by atoms with Crippen LogP contribution in [0.5, 0.6) is 0 Å². The summed E-state index contributed by atoms with van der Waals surface area (Å²) < 4.78 is 0. The molecule has 1 heterocycles. The number of hydrogen-bond acceptors (Lipinski definition) is 4. The molecule has 1 unspecified atom stereocenters. The number of rotatable bonds is 8. The van der Waals surface area contributed by atoms with Crippen molar-refractivity contribution in [2.45, 2.75) is 18.3 Å². The molecule has 26 heavy (non-hydrogen) atoms. The Morgan fingerprint density at radius 1 is 0.846 bits per heavy atom. The summed E-state index contributed by atoms with van der Waals surface area (Å²) in [6.45, 7) is 8.14. The normalized spacial score (nSPS) is 17.5. The number of β-amino-alcohol motifs (C(OH)–C–C–N with tert-alkyl or cyclic N) is 1. The zero-order valence-electron chi connectivity index (χ0n) is 15.6. The van der Waals surface area contributed by atoms with Gasteiger partial charge in [-0.3, -0.25) is 9.80 Å². The topological polar surface area (TPSA) is 26.7 Å². The van der Waals surface area contributed by atoms with E-state index in [1.165, 1.54) is 11.1 Å². The van der Waals surface area contributed by atoms with Crippen molar-refractivity contribution in [2.24, 2.45) is 0 Å². The van der Waals surface area contributed by atoms with Gasteiger partial charge in [-0.05, 0) is 18.1 Å². The summed E-state index contributed by atoms with van der Waals surface area (Å²) in [5.41, 5.74) is 2.76. The van der Waals surface area contributed by atoms with Crippen molar-refractivity contribution in [3.8, 4) is 0 Å². The third-order valence-electron chi connectivity index (χ3n) is 4.88. The fourth-order valence-electron chi connectivity index (χ4n) is 3.51. The monoisotopic (exact) mass is 370 g/mol. The molecule has 0 radical (unpaired) electrons. The molecule has 0 aromatic heterocycles. The minimum absolute atomic E-state index is 0.227. The van der Waals surface area contributed by atoms with E-state index in [2.05, 4.69) is 70.5 Å². The Labute approximate surface area is 162 Å². The molecular weight excluding hydrogens is 340 g/mol. The van der Waals surface area contributed by atoms with Crippen LogP contribution in [0.3, 0.4) is 0 Å². The first-order chi connectivity index (χ1) is 12.7. The molecule has 0 bridgehead atoms. The molecule has 3 rings (SSSR count). The number of hydrogen-bond donors (Lipinski definition) is 1. The smallest absolute Gasteiger partial charge is 0.0639 e. The summed E-state index contributed by atoms with van der Waals surface area (Å²) in [6, 6.07) is 21.6. The van der Waals surface area contributed by atoms with Crippen LogP contribution in [0.15, 0.2) is 60.7 Å².